The van der Waals surface area contributed by atoms with Gasteiger partial charge in [-0.25, -0.2) is 13.1 Å². The molecule has 0 radical (unpaired) electrons. The van der Waals surface area contributed by atoms with E-state index in [1.165, 1.54) is 19.1 Å². The van der Waals surface area contributed by atoms with Crippen molar-refractivity contribution in [2.45, 2.75) is 24.3 Å². The molecule has 0 spiro atoms. The Morgan fingerprint density at radius 2 is 1.69 bits per heavy atom. The number of ether oxygens (including phenoxy) is 1. The summed E-state index contributed by atoms with van der Waals surface area (Å²) in [5.41, 5.74) is 0.550. The quantitative estimate of drug-likeness (QED) is 0.694. The van der Waals surface area contributed by atoms with E-state index in [1.54, 1.807) is 42.5 Å². The fourth-order valence-electron chi connectivity index (χ4n) is 2.19. The molecule has 0 saturated carbocycles. The number of carbonyl (C=O) groups excluding carboxylic acids is 2. The fourth-order valence-corrected chi connectivity index (χ4v) is 3.56. The summed E-state index contributed by atoms with van der Waals surface area (Å²) in [4.78, 5) is 23.0. The van der Waals surface area contributed by atoms with Gasteiger partial charge in [-0.3, -0.25) is 9.59 Å². The summed E-state index contributed by atoms with van der Waals surface area (Å²) in [5.74, 6) is -0.984. The van der Waals surface area contributed by atoms with E-state index in [4.69, 9.17) is 16.3 Å². The largest absolute Gasteiger partial charge is 0.458 e. The molecule has 0 aliphatic rings. The molecule has 0 unspecified atom stereocenters. The zero-order valence-electron chi connectivity index (χ0n) is 14.0. The molecule has 6 nitrogen and oxygen atoms in total. The van der Waals surface area contributed by atoms with Crippen molar-refractivity contribution in [2.24, 2.45) is 0 Å². The Labute approximate surface area is 157 Å². The molecule has 138 valence electrons. The summed E-state index contributed by atoms with van der Waals surface area (Å²) in [5, 5.41) is 0.484. The number of hydrogen-bond acceptors (Lipinski definition) is 5. The van der Waals surface area contributed by atoms with E-state index >= 15 is 0 Å². The second-order valence-corrected chi connectivity index (χ2v) is 7.76. The van der Waals surface area contributed by atoms with Crippen LogP contribution >= 0.6 is 11.6 Å². The van der Waals surface area contributed by atoms with E-state index < -0.39 is 22.0 Å². The number of nitrogens with one attached hydrogen (secondary N) is 1. The summed E-state index contributed by atoms with van der Waals surface area (Å²) in [7, 11) is -3.85. The highest BCUT2D eigenvalue weighted by atomic mass is 35.5. The molecule has 0 heterocycles. The van der Waals surface area contributed by atoms with Gasteiger partial charge in [0, 0.05) is 5.02 Å². The zero-order chi connectivity index (χ0) is 19.2. The van der Waals surface area contributed by atoms with Gasteiger partial charge in [-0.15, -0.1) is 0 Å². The molecule has 0 aliphatic heterocycles. The van der Waals surface area contributed by atoms with E-state index in [0.29, 0.717) is 10.6 Å². The van der Waals surface area contributed by atoms with E-state index in [0.717, 1.165) is 0 Å². The van der Waals surface area contributed by atoms with E-state index in [9.17, 15) is 18.0 Å². The average molecular weight is 396 g/mol. The highest BCUT2D eigenvalue weighted by Crippen LogP contribution is 2.22. The fraction of sp³-hybridized carbons (Fsp3) is 0.222. The third-order valence-electron chi connectivity index (χ3n) is 3.43. The molecule has 0 saturated heterocycles. The predicted octanol–water partition coefficient (Wildman–Crippen LogP) is 2.88. The molecular formula is C18H18ClNO5S. The van der Waals surface area contributed by atoms with Gasteiger partial charge in [-0.1, -0.05) is 41.9 Å². The molecule has 2 rings (SSSR count). The number of Topliss-reactive ketones (excluding diaryl/α,β-unsaturated/α-hetero) is 1. The third kappa shape index (κ3) is 5.94. The Balaban J connectivity index is 2.24. The molecule has 2 aromatic carbocycles. The van der Waals surface area contributed by atoms with Crippen LogP contribution in [0, 0.1) is 0 Å². The topological polar surface area (TPSA) is 89.5 Å². The number of benzene rings is 2. The van der Waals surface area contributed by atoms with Crippen molar-refractivity contribution >= 4 is 33.4 Å². The highest BCUT2D eigenvalue weighted by Gasteiger charge is 2.24. The lowest BCUT2D eigenvalue weighted by molar-refractivity contribution is -0.147. The van der Waals surface area contributed by atoms with Crippen LogP contribution < -0.4 is 4.72 Å². The lowest BCUT2D eigenvalue weighted by atomic mass is 10.1. The number of carbonyl (C=O) groups is 2. The van der Waals surface area contributed by atoms with E-state index in [1.807, 2.05) is 0 Å². The average Bonchev–Trinajstić information content (AvgIpc) is 2.60. The lowest BCUT2D eigenvalue weighted by Gasteiger charge is -2.19. The number of ketones is 1. The maximum absolute atomic E-state index is 12.6. The monoisotopic (exact) mass is 395 g/mol. The number of esters is 1. The van der Waals surface area contributed by atoms with Crippen molar-refractivity contribution < 1.29 is 22.7 Å². The number of sulfonamides is 1. The van der Waals surface area contributed by atoms with Crippen LogP contribution in [-0.4, -0.2) is 26.8 Å². The predicted molar refractivity (Wildman–Crippen MR) is 97.2 cm³/mol. The maximum Gasteiger partial charge on any atom is 0.308 e. The molecule has 8 heteroatoms. The van der Waals surface area contributed by atoms with Gasteiger partial charge in [0.25, 0.3) is 0 Å². The standard InChI is InChI=1S/C18H18ClNO5S/c1-13(21)12-25-18(22)11-17(14-7-9-15(19)10-8-14)20-26(23,24)16-5-3-2-4-6-16/h2-10,17,20H,11-12H2,1H3/t17-/m0/s1. The Kier molecular flexibility index (Phi) is 6.90. The van der Waals surface area contributed by atoms with Crippen molar-refractivity contribution in [3.8, 4) is 0 Å². The number of rotatable bonds is 8. The van der Waals surface area contributed by atoms with Crippen LogP contribution in [-0.2, 0) is 24.3 Å². The summed E-state index contributed by atoms with van der Waals surface area (Å²) < 4.78 is 32.5. The van der Waals surface area contributed by atoms with Crippen molar-refractivity contribution in [3.05, 3.63) is 65.2 Å². The summed E-state index contributed by atoms with van der Waals surface area (Å²) in [6, 6.07) is 13.4. The Bertz CT molecular complexity index is 866. The number of halogens is 1. The van der Waals surface area contributed by atoms with E-state index in [-0.39, 0.29) is 23.7 Å². The first-order chi connectivity index (χ1) is 12.3. The number of hydrogen-bond donors (Lipinski definition) is 1. The minimum Gasteiger partial charge on any atom is -0.458 e. The molecule has 0 aliphatic carbocycles. The normalized spacial score (nSPS) is 12.4. The molecule has 0 amide bonds. The maximum atomic E-state index is 12.6. The Morgan fingerprint density at radius 3 is 2.27 bits per heavy atom. The van der Waals surface area contributed by atoms with Gasteiger partial charge in [-0.05, 0) is 36.8 Å². The molecule has 0 aromatic heterocycles. The van der Waals surface area contributed by atoms with Crippen molar-refractivity contribution in [1.82, 2.24) is 4.72 Å². The Morgan fingerprint density at radius 1 is 1.08 bits per heavy atom. The van der Waals surface area contributed by atoms with Crippen LogP contribution in [0.4, 0.5) is 0 Å². The summed E-state index contributed by atoms with van der Waals surface area (Å²) >= 11 is 5.87. The van der Waals surface area contributed by atoms with Gasteiger partial charge < -0.3 is 4.74 Å². The van der Waals surface area contributed by atoms with Gasteiger partial charge >= 0.3 is 5.97 Å². The molecule has 1 atom stereocenters. The molecule has 0 bridgehead atoms. The summed E-state index contributed by atoms with van der Waals surface area (Å²) in [6.07, 6.45) is -0.263. The van der Waals surface area contributed by atoms with Crippen molar-refractivity contribution in [2.75, 3.05) is 6.61 Å². The van der Waals surface area contributed by atoms with Crippen LogP contribution in [0.5, 0.6) is 0 Å². The summed E-state index contributed by atoms with van der Waals surface area (Å²) in [6.45, 7) is 0.944. The van der Waals surface area contributed by atoms with Crippen LogP contribution in [0.1, 0.15) is 24.9 Å². The van der Waals surface area contributed by atoms with Gasteiger partial charge in [0.2, 0.25) is 10.0 Å². The zero-order valence-corrected chi connectivity index (χ0v) is 15.6. The first kappa shape index (κ1) is 20.1. The van der Waals surface area contributed by atoms with Crippen molar-refractivity contribution in [3.63, 3.8) is 0 Å². The SMILES string of the molecule is CC(=O)COC(=O)C[C@H](NS(=O)(=O)c1ccccc1)c1ccc(Cl)cc1. The van der Waals surface area contributed by atoms with Gasteiger partial charge in [0.05, 0.1) is 17.4 Å². The second-order valence-electron chi connectivity index (χ2n) is 5.61. The second kappa shape index (κ2) is 8.93. The van der Waals surface area contributed by atoms with Crippen LogP contribution in [0.15, 0.2) is 59.5 Å². The molecule has 0 fully saturated rings. The highest BCUT2D eigenvalue weighted by molar-refractivity contribution is 7.89. The van der Waals surface area contributed by atoms with Crippen LogP contribution in [0.2, 0.25) is 5.02 Å². The molecular weight excluding hydrogens is 378 g/mol. The Hall–Kier alpha value is -2.22. The van der Waals surface area contributed by atoms with Crippen LogP contribution in [0.25, 0.3) is 0 Å². The van der Waals surface area contributed by atoms with Gasteiger partial charge in [0.1, 0.15) is 6.61 Å². The first-order valence-electron chi connectivity index (χ1n) is 7.76. The van der Waals surface area contributed by atoms with Gasteiger partial charge in [0.15, 0.2) is 5.78 Å². The van der Waals surface area contributed by atoms with Crippen LogP contribution in [0.3, 0.4) is 0 Å². The minimum absolute atomic E-state index is 0.0797. The first-order valence-corrected chi connectivity index (χ1v) is 9.62. The van der Waals surface area contributed by atoms with Gasteiger partial charge in [-0.2, -0.15) is 0 Å². The van der Waals surface area contributed by atoms with E-state index in [2.05, 4.69) is 4.72 Å². The smallest absolute Gasteiger partial charge is 0.308 e. The molecule has 26 heavy (non-hydrogen) atoms. The lowest BCUT2D eigenvalue weighted by Crippen LogP contribution is -2.31. The third-order valence-corrected chi connectivity index (χ3v) is 5.17. The molecule has 1 N–H and O–H groups in total. The molecule has 2 aromatic rings. The van der Waals surface area contributed by atoms with Crippen molar-refractivity contribution in [1.29, 1.82) is 0 Å². The minimum atomic E-state index is -3.85.